The lowest BCUT2D eigenvalue weighted by Gasteiger charge is -2.50. The van der Waals surface area contributed by atoms with Crippen molar-refractivity contribution in [2.75, 3.05) is 6.61 Å². The van der Waals surface area contributed by atoms with Gasteiger partial charge < -0.3 is 36.6 Å². The van der Waals surface area contributed by atoms with E-state index in [0.29, 0.717) is 0 Å². The SMILES string of the molecule is CC(=O)C1(O)O[C@H](CO)[C@@H](O)[C@H](O)C1(N)N. The van der Waals surface area contributed by atoms with Gasteiger partial charge in [-0.25, -0.2) is 0 Å². The molecule has 1 rings (SSSR count). The first kappa shape index (κ1) is 13.5. The largest absolute Gasteiger partial charge is 0.394 e. The second-order valence-corrected chi connectivity index (χ2v) is 3.91. The second-order valence-electron chi connectivity index (χ2n) is 3.91. The van der Waals surface area contributed by atoms with Gasteiger partial charge in [-0.3, -0.25) is 4.79 Å². The van der Waals surface area contributed by atoms with Crippen LogP contribution in [0, 0.1) is 0 Å². The fourth-order valence-electron chi connectivity index (χ4n) is 1.61. The number of hydrogen-bond donors (Lipinski definition) is 6. The number of carbonyl (C=O) groups is 1. The Kier molecular flexibility index (Phi) is 3.37. The Labute approximate surface area is 91.4 Å². The van der Waals surface area contributed by atoms with E-state index in [1.807, 2.05) is 0 Å². The third-order valence-corrected chi connectivity index (χ3v) is 2.76. The summed E-state index contributed by atoms with van der Waals surface area (Å²) in [5.41, 5.74) is 8.44. The van der Waals surface area contributed by atoms with Crippen LogP contribution in [-0.2, 0) is 9.53 Å². The number of ketones is 1. The summed E-state index contributed by atoms with van der Waals surface area (Å²) < 4.78 is 4.78. The van der Waals surface area contributed by atoms with Gasteiger partial charge in [-0.15, -0.1) is 0 Å². The first-order valence-electron chi connectivity index (χ1n) is 4.64. The molecule has 0 aromatic heterocycles. The van der Waals surface area contributed by atoms with Gasteiger partial charge in [-0.2, -0.15) is 0 Å². The molecule has 0 spiro atoms. The molecule has 0 bridgehead atoms. The number of ether oxygens (including phenoxy) is 1. The maximum Gasteiger partial charge on any atom is 0.261 e. The summed E-state index contributed by atoms with van der Waals surface area (Å²) in [6.07, 6.45) is -4.75. The standard InChI is InChI=1S/C8H16N2O6/c1-3(12)8(15)7(9,10)6(14)5(13)4(2-11)16-8/h4-6,11,13-15H,2,9-10H2,1H3/t4-,5-,6+,8?/m1/s1. The molecule has 0 amide bonds. The molecule has 8 N–H and O–H groups in total. The van der Waals surface area contributed by atoms with Crippen LogP contribution >= 0.6 is 0 Å². The monoisotopic (exact) mass is 236 g/mol. The minimum Gasteiger partial charge on any atom is -0.394 e. The first-order chi connectivity index (χ1) is 7.18. The Hall–Kier alpha value is -0.610. The van der Waals surface area contributed by atoms with Crippen molar-refractivity contribution in [3.05, 3.63) is 0 Å². The number of carbonyl (C=O) groups excluding carboxylic acids is 1. The zero-order valence-corrected chi connectivity index (χ0v) is 8.70. The molecule has 16 heavy (non-hydrogen) atoms. The summed E-state index contributed by atoms with van der Waals surface area (Å²) in [6, 6.07) is 0. The molecule has 1 aliphatic heterocycles. The maximum absolute atomic E-state index is 11.2. The van der Waals surface area contributed by atoms with E-state index in [2.05, 4.69) is 0 Å². The summed E-state index contributed by atoms with van der Waals surface area (Å²) in [5, 5.41) is 37.8. The van der Waals surface area contributed by atoms with Gasteiger partial charge in [0.05, 0.1) is 6.61 Å². The summed E-state index contributed by atoms with van der Waals surface area (Å²) >= 11 is 0. The summed E-state index contributed by atoms with van der Waals surface area (Å²) in [5.74, 6) is -3.58. The molecule has 94 valence electrons. The lowest BCUT2D eigenvalue weighted by atomic mass is 9.83. The van der Waals surface area contributed by atoms with E-state index >= 15 is 0 Å². The van der Waals surface area contributed by atoms with Gasteiger partial charge >= 0.3 is 0 Å². The molecule has 0 aliphatic carbocycles. The van der Waals surface area contributed by atoms with Gasteiger partial charge in [0.15, 0.2) is 11.4 Å². The number of hydrogen-bond acceptors (Lipinski definition) is 8. The van der Waals surface area contributed by atoms with E-state index in [1.54, 1.807) is 0 Å². The first-order valence-corrected chi connectivity index (χ1v) is 4.64. The molecule has 0 saturated carbocycles. The summed E-state index contributed by atoms with van der Waals surface area (Å²) in [7, 11) is 0. The predicted octanol–water partition coefficient (Wildman–Crippen LogP) is -4.01. The van der Waals surface area contributed by atoms with Crippen molar-refractivity contribution in [3.63, 3.8) is 0 Å². The van der Waals surface area contributed by atoms with Crippen LogP contribution in [0.25, 0.3) is 0 Å². The predicted molar refractivity (Wildman–Crippen MR) is 50.7 cm³/mol. The molecule has 1 saturated heterocycles. The van der Waals surface area contributed by atoms with E-state index in [0.717, 1.165) is 6.92 Å². The molecule has 8 nitrogen and oxygen atoms in total. The number of Topliss-reactive ketones (excluding diaryl/α,β-unsaturated/α-hetero) is 1. The number of rotatable bonds is 2. The number of nitrogens with two attached hydrogens (primary N) is 2. The van der Waals surface area contributed by atoms with E-state index in [4.69, 9.17) is 21.3 Å². The quantitative estimate of drug-likeness (QED) is 0.264. The van der Waals surface area contributed by atoms with Crippen molar-refractivity contribution in [2.45, 2.75) is 36.7 Å². The average molecular weight is 236 g/mol. The zero-order chi connectivity index (χ0) is 12.7. The second kappa shape index (κ2) is 4.00. The molecule has 0 radical (unpaired) electrons. The lowest BCUT2D eigenvalue weighted by molar-refractivity contribution is -0.322. The van der Waals surface area contributed by atoms with Crippen molar-refractivity contribution >= 4 is 5.78 Å². The fraction of sp³-hybridized carbons (Fsp3) is 0.875. The van der Waals surface area contributed by atoms with Crippen LogP contribution < -0.4 is 11.5 Å². The highest BCUT2D eigenvalue weighted by atomic mass is 16.7. The van der Waals surface area contributed by atoms with E-state index in [1.165, 1.54) is 0 Å². The third kappa shape index (κ3) is 1.64. The van der Waals surface area contributed by atoms with Gasteiger partial charge in [0.1, 0.15) is 18.3 Å². The Morgan fingerprint density at radius 2 is 1.94 bits per heavy atom. The zero-order valence-electron chi connectivity index (χ0n) is 8.70. The topological polar surface area (TPSA) is 159 Å². The number of aliphatic hydroxyl groups is 4. The summed E-state index contributed by atoms with van der Waals surface area (Å²) in [4.78, 5) is 11.2. The Morgan fingerprint density at radius 3 is 2.31 bits per heavy atom. The Bertz CT molecular complexity index is 296. The molecule has 8 heteroatoms. The molecule has 1 aliphatic rings. The molecule has 0 aromatic carbocycles. The smallest absolute Gasteiger partial charge is 0.261 e. The highest BCUT2D eigenvalue weighted by Gasteiger charge is 2.62. The van der Waals surface area contributed by atoms with Crippen LogP contribution in [0.3, 0.4) is 0 Å². The fourth-order valence-corrected chi connectivity index (χ4v) is 1.61. The van der Waals surface area contributed by atoms with Crippen LogP contribution in [0.1, 0.15) is 6.92 Å². The molecule has 1 unspecified atom stereocenters. The van der Waals surface area contributed by atoms with Crippen molar-refractivity contribution in [1.29, 1.82) is 0 Å². The molecular weight excluding hydrogens is 220 g/mol. The molecule has 0 aromatic rings. The van der Waals surface area contributed by atoms with Gasteiger partial charge in [0, 0.05) is 6.92 Å². The van der Waals surface area contributed by atoms with Gasteiger partial charge in [-0.1, -0.05) is 0 Å². The van der Waals surface area contributed by atoms with Crippen molar-refractivity contribution < 1.29 is 30.0 Å². The third-order valence-electron chi connectivity index (χ3n) is 2.76. The van der Waals surface area contributed by atoms with E-state index in [-0.39, 0.29) is 0 Å². The average Bonchev–Trinajstić information content (AvgIpc) is 2.21. The van der Waals surface area contributed by atoms with Crippen LogP contribution in [0.15, 0.2) is 0 Å². The van der Waals surface area contributed by atoms with Crippen LogP contribution in [0.4, 0.5) is 0 Å². The minimum absolute atomic E-state index is 0.704. The lowest BCUT2D eigenvalue weighted by Crippen LogP contribution is -2.83. The number of aliphatic hydroxyl groups excluding tert-OH is 3. The maximum atomic E-state index is 11.2. The molecule has 1 fully saturated rings. The van der Waals surface area contributed by atoms with Gasteiger partial charge in [0.2, 0.25) is 0 Å². The summed E-state index contributed by atoms with van der Waals surface area (Å²) in [6.45, 7) is 0.261. The van der Waals surface area contributed by atoms with Gasteiger partial charge in [-0.05, 0) is 0 Å². The molecule has 1 heterocycles. The highest BCUT2D eigenvalue weighted by Crippen LogP contribution is 2.32. The van der Waals surface area contributed by atoms with Crippen LogP contribution in [0.5, 0.6) is 0 Å². The molecule has 4 atom stereocenters. The van der Waals surface area contributed by atoms with E-state index in [9.17, 15) is 20.1 Å². The van der Waals surface area contributed by atoms with Crippen molar-refractivity contribution in [2.24, 2.45) is 11.5 Å². The van der Waals surface area contributed by atoms with Crippen LogP contribution in [0.2, 0.25) is 0 Å². The highest BCUT2D eigenvalue weighted by molar-refractivity contribution is 5.85. The normalized spacial score (nSPS) is 43.1. The van der Waals surface area contributed by atoms with E-state index < -0.39 is 42.2 Å². The van der Waals surface area contributed by atoms with Gasteiger partial charge in [0.25, 0.3) is 5.79 Å². The van der Waals surface area contributed by atoms with Crippen molar-refractivity contribution in [3.8, 4) is 0 Å². The van der Waals surface area contributed by atoms with Crippen molar-refractivity contribution in [1.82, 2.24) is 0 Å². The Morgan fingerprint density at radius 1 is 1.44 bits per heavy atom. The Balaban J connectivity index is 3.15. The van der Waals surface area contributed by atoms with Crippen LogP contribution in [-0.4, -0.2) is 62.6 Å². The minimum atomic E-state index is -2.65. The molecular formula is C8H16N2O6.